The number of hydrogen-bond donors (Lipinski definition) is 1. The smallest absolute Gasteiger partial charge is 0.336 e. The van der Waals surface area contributed by atoms with Crippen molar-refractivity contribution in [3.63, 3.8) is 0 Å². The molecule has 1 saturated heterocycles. The summed E-state index contributed by atoms with van der Waals surface area (Å²) in [7, 11) is -2.67. The Labute approximate surface area is 145 Å². The van der Waals surface area contributed by atoms with Crippen LogP contribution in [0.1, 0.15) is 37.4 Å². The van der Waals surface area contributed by atoms with E-state index >= 15 is 0 Å². The molecule has 1 aliphatic carbocycles. The van der Waals surface area contributed by atoms with Gasteiger partial charge in [-0.3, -0.25) is 0 Å². The fourth-order valence-electron chi connectivity index (χ4n) is 2.92. The molecule has 3 rings (SSSR count). The minimum absolute atomic E-state index is 0.372. The highest BCUT2D eigenvalue weighted by Gasteiger charge is 2.52. The molecule has 1 aliphatic heterocycles. The van der Waals surface area contributed by atoms with E-state index in [2.05, 4.69) is 4.72 Å². The molecule has 2 aliphatic rings. The van der Waals surface area contributed by atoms with Crippen LogP contribution in [-0.2, 0) is 24.0 Å². The predicted molar refractivity (Wildman–Crippen MR) is 85.4 cm³/mol. The summed E-state index contributed by atoms with van der Waals surface area (Å²) in [5.74, 6) is -0.818. The average Bonchev–Trinajstić information content (AvgIpc) is 3.06. The van der Waals surface area contributed by atoms with E-state index in [0.29, 0.717) is 28.5 Å². The number of rotatable bonds is 4. The minimum Gasteiger partial charge on any atom is -0.336 e. The molecule has 1 aromatic carbocycles. The quantitative estimate of drug-likeness (QED) is 0.866. The third-order valence-corrected chi connectivity index (χ3v) is 5.53. The third-order valence-electron chi connectivity index (χ3n) is 4.03. The number of halogens is 2. The van der Waals surface area contributed by atoms with Gasteiger partial charge in [0.2, 0.25) is 6.29 Å². The number of hydrogen-bond acceptors (Lipinski definition) is 5. The summed E-state index contributed by atoms with van der Waals surface area (Å²) < 4.78 is 42.6. The van der Waals surface area contributed by atoms with Crippen molar-refractivity contribution in [1.29, 1.82) is 0 Å². The SMILES string of the molecule is CNS(=O)(=O)OC1OC2(CCCC2)OC1c1ccc(Cl)cc1Cl. The second kappa shape index (κ2) is 6.48. The summed E-state index contributed by atoms with van der Waals surface area (Å²) in [6.07, 6.45) is 1.42. The van der Waals surface area contributed by atoms with Gasteiger partial charge in [-0.05, 0) is 25.0 Å². The van der Waals surface area contributed by atoms with E-state index in [4.69, 9.17) is 36.9 Å². The van der Waals surface area contributed by atoms with E-state index in [9.17, 15) is 8.42 Å². The molecule has 1 spiro atoms. The monoisotopic (exact) mass is 381 g/mol. The van der Waals surface area contributed by atoms with Gasteiger partial charge in [-0.25, -0.2) is 4.18 Å². The Morgan fingerprint density at radius 2 is 1.96 bits per heavy atom. The highest BCUT2D eigenvalue weighted by molar-refractivity contribution is 7.84. The van der Waals surface area contributed by atoms with Crippen molar-refractivity contribution in [3.8, 4) is 0 Å². The van der Waals surface area contributed by atoms with Crippen molar-refractivity contribution < 1.29 is 22.1 Å². The van der Waals surface area contributed by atoms with Crippen molar-refractivity contribution in [2.45, 2.75) is 43.9 Å². The first kappa shape index (κ1) is 17.4. The van der Waals surface area contributed by atoms with Gasteiger partial charge >= 0.3 is 10.3 Å². The van der Waals surface area contributed by atoms with Gasteiger partial charge in [0.05, 0.1) is 0 Å². The highest BCUT2D eigenvalue weighted by atomic mass is 35.5. The minimum atomic E-state index is -3.94. The molecule has 0 aromatic heterocycles. The molecule has 0 radical (unpaired) electrons. The molecule has 0 amide bonds. The fraction of sp³-hybridized carbons (Fsp3) is 0.571. The molecule has 9 heteroatoms. The van der Waals surface area contributed by atoms with Crippen LogP contribution in [0.2, 0.25) is 10.0 Å². The highest BCUT2D eigenvalue weighted by Crippen LogP contribution is 2.49. The molecule has 6 nitrogen and oxygen atoms in total. The van der Waals surface area contributed by atoms with Gasteiger partial charge in [0.25, 0.3) is 0 Å². The van der Waals surface area contributed by atoms with Crippen LogP contribution in [0.15, 0.2) is 18.2 Å². The van der Waals surface area contributed by atoms with Crippen LogP contribution < -0.4 is 4.72 Å². The van der Waals surface area contributed by atoms with E-state index < -0.39 is 28.5 Å². The molecule has 1 N–H and O–H groups in total. The Morgan fingerprint density at radius 3 is 2.57 bits per heavy atom. The maximum atomic E-state index is 11.8. The molecule has 1 aromatic rings. The van der Waals surface area contributed by atoms with E-state index in [1.54, 1.807) is 18.2 Å². The number of nitrogens with one attached hydrogen (secondary N) is 1. The van der Waals surface area contributed by atoms with Gasteiger partial charge < -0.3 is 9.47 Å². The zero-order chi connectivity index (χ0) is 16.7. The second-order valence-electron chi connectivity index (χ2n) is 5.56. The summed E-state index contributed by atoms with van der Waals surface area (Å²) in [6, 6.07) is 4.93. The Kier molecular flexibility index (Phi) is 4.90. The normalized spacial score (nSPS) is 26.9. The van der Waals surface area contributed by atoms with Crippen molar-refractivity contribution in [1.82, 2.24) is 4.72 Å². The topological polar surface area (TPSA) is 73.9 Å². The molecule has 23 heavy (non-hydrogen) atoms. The zero-order valence-electron chi connectivity index (χ0n) is 12.4. The maximum absolute atomic E-state index is 11.8. The van der Waals surface area contributed by atoms with Crippen LogP contribution in [0.5, 0.6) is 0 Å². The summed E-state index contributed by atoms with van der Waals surface area (Å²) in [4.78, 5) is 0. The Bertz CT molecular complexity index is 690. The number of benzene rings is 1. The van der Waals surface area contributed by atoms with Crippen molar-refractivity contribution >= 4 is 33.5 Å². The largest absolute Gasteiger partial charge is 0.338 e. The van der Waals surface area contributed by atoms with Crippen molar-refractivity contribution in [2.75, 3.05) is 7.05 Å². The van der Waals surface area contributed by atoms with Gasteiger partial charge in [0.15, 0.2) is 5.79 Å². The van der Waals surface area contributed by atoms with Gasteiger partial charge in [0, 0.05) is 35.5 Å². The maximum Gasteiger partial charge on any atom is 0.338 e. The van der Waals surface area contributed by atoms with Gasteiger partial charge in [-0.2, -0.15) is 13.1 Å². The van der Waals surface area contributed by atoms with Crippen molar-refractivity contribution in [3.05, 3.63) is 33.8 Å². The summed E-state index contributed by atoms with van der Waals surface area (Å²) >= 11 is 12.2. The van der Waals surface area contributed by atoms with E-state index in [1.165, 1.54) is 7.05 Å². The van der Waals surface area contributed by atoms with E-state index in [1.807, 2.05) is 0 Å². The van der Waals surface area contributed by atoms with Crippen LogP contribution in [0.25, 0.3) is 0 Å². The lowest BCUT2D eigenvalue weighted by molar-refractivity contribution is -0.188. The molecular formula is C14H17Cl2NO5S. The summed E-state index contributed by atoms with van der Waals surface area (Å²) in [5.41, 5.74) is 0.580. The van der Waals surface area contributed by atoms with Crippen LogP contribution in [0, 0.1) is 0 Å². The lowest BCUT2D eigenvalue weighted by Crippen LogP contribution is -2.31. The summed E-state index contributed by atoms with van der Waals surface area (Å²) in [5, 5.41) is 0.852. The molecular weight excluding hydrogens is 365 g/mol. The molecule has 2 fully saturated rings. The lowest BCUT2D eigenvalue weighted by atomic mass is 10.1. The van der Waals surface area contributed by atoms with E-state index in [-0.39, 0.29) is 0 Å². The Morgan fingerprint density at radius 1 is 1.26 bits per heavy atom. The van der Waals surface area contributed by atoms with E-state index in [0.717, 1.165) is 12.8 Å². The third kappa shape index (κ3) is 3.66. The number of ether oxygens (including phenoxy) is 2. The molecule has 1 heterocycles. The second-order valence-corrected chi connectivity index (χ2v) is 7.92. The molecule has 0 bridgehead atoms. The summed E-state index contributed by atoms with van der Waals surface area (Å²) in [6.45, 7) is 0. The predicted octanol–water partition coefficient (Wildman–Crippen LogP) is 3.16. The van der Waals surface area contributed by atoms with Crippen LogP contribution in [-0.4, -0.2) is 27.5 Å². The Balaban J connectivity index is 1.93. The van der Waals surface area contributed by atoms with Crippen LogP contribution in [0.3, 0.4) is 0 Å². The Hall–Kier alpha value is -0.410. The van der Waals surface area contributed by atoms with Gasteiger partial charge in [-0.15, -0.1) is 0 Å². The van der Waals surface area contributed by atoms with Gasteiger partial charge in [-0.1, -0.05) is 29.3 Å². The van der Waals surface area contributed by atoms with Crippen molar-refractivity contribution in [2.24, 2.45) is 0 Å². The van der Waals surface area contributed by atoms with Gasteiger partial charge in [0.1, 0.15) is 6.10 Å². The standard InChI is InChI=1S/C14H17Cl2NO5S/c1-17-23(18,19)22-13-12(10-5-4-9(15)8-11(10)16)20-14(21-13)6-2-3-7-14/h4-5,8,12-13,17H,2-3,6-7H2,1H3. The first-order valence-electron chi connectivity index (χ1n) is 7.26. The first-order valence-corrected chi connectivity index (χ1v) is 9.43. The lowest BCUT2D eigenvalue weighted by Gasteiger charge is -2.21. The molecule has 2 unspecified atom stereocenters. The fourth-order valence-corrected chi connectivity index (χ4v) is 3.93. The van der Waals surface area contributed by atoms with Crippen LogP contribution in [0.4, 0.5) is 0 Å². The van der Waals surface area contributed by atoms with Crippen LogP contribution >= 0.6 is 23.2 Å². The molecule has 128 valence electrons. The molecule has 2 atom stereocenters. The first-order chi connectivity index (χ1) is 10.8. The zero-order valence-corrected chi connectivity index (χ0v) is 14.7. The average molecular weight is 382 g/mol. The molecule has 1 saturated carbocycles.